The molecular formula is C20H26O2. The number of hydrogen-bond acceptors (Lipinski definition) is 2. The first-order valence-corrected chi connectivity index (χ1v) is 7.52. The van der Waals surface area contributed by atoms with E-state index in [0.29, 0.717) is 0 Å². The lowest BCUT2D eigenvalue weighted by Gasteiger charge is -2.17. The smallest absolute Gasteiger partial charge is 0.129 e. The number of rotatable bonds is 4. The summed E-state index contributed by atoms with van der Waals surface area (Å²) in [6.07, 6.45) is 3.70. The molecule has 0 N–H and O–H groups in total. The van der Waals surface area contributed by atoms with Gasteiger partial charge in [0.25, 0.3) is 0 Å². The summed E-state index contributed by atoms with van der Waals surface area (Å²) in [6.45, 7) is 15.9. The fourth-order valence-electron chi connectivity index (χ4n) is 2.77. The highest BCUT2D eigenvalue weighted by atomic mass is 16.5. The van der Waals surface area contributed by atoms with Gasteiger partial charge < -0.3 is 9.47 Å². The van der Waals surface area contributed by atoms with Gasteiger partial charge in [0.05, 0.1) is 14.2 Å². The molecule has 0 atom stereocenters. The van der Waals surface area contributed by atoms with Crippen LogP contribution in [-0.4, -0.2) is 14.2 Å². The van der Waals surface area contributed by atoms with Crippen LogP contribution in [0.4, 0.5) is 0 Å². The molecule has 118 valence electrons. The maximum atomic E-state index is 5.57. The fourth-order valence-corrected chi connectivity index (χ4v) is 2.77. The average molecular weight is 298 g/mol. The van der Waals surface area contributed by atoms with Crippen molar-refractivity contribution in [1.29, 1.82) is 0 Å². The minimum absolute atomic E-state index is 0.856. The quantitative estimate of drug-likeness (QED) is 0.711. The molecule has 2 heteroatoms. The Morgan fingerprint density at radius 2 is 1.59 bits per heavy atom. The van der Waals surface area contributed by atoms with Crippen molar-refractivity contribution in [1.82, 2.24) is 0 Å². The van der Waals surface area contributed by atoms with Crippen LogP contribution in [0.15, 0.2) is 25.3 Å². The van der Waals surface area contributed by atoms with Crippen LogP contribution in [-0.2, 0) is 0 Å². The van der Waals surface area contributed by atoms with Gasteiger partial charge in [-0.3, -0.25) is 0 Å². The Morgan fingerprint density at radius 3 is 2.05 bits per heavy atom. The van der Waals surface area contributed by atoms with E-state index in [1.165, 1.54) is 0 Å². The zero-order valence-corrected chi connectivity index (χ0v) is 14.5. The molecule has 0 aliphatic heterocycles. The molecule has 0 aromatic heterocycles. The summed E-state index contributed by atoms with van der Waals surface area (Å²) in [5.74, 6) is 1.73. The van der Waals surface area contributed by atoms with Gasteiger partial charge >= 0.3 is 0 Å². The van der Waals surface area contributed by atoms with Crippen molar-refractivity contribution < 1.29 is 9.47 Å². The van der Waals surface area contributed by atoms with Gasteiger partial charge in [-0.15, -0.1) is 0 Å². The first-order chi connectivity index (χ1) is 10.6. The van der Waals surface area contributed by atoms with Crippen LogP contribution < -0.4 is 9.47 Å². The molecule has 2 nitrogen and oxygen atoms in total. The Kier molecular flexibility index (Phi) is 6.24. The number of hydrogen-bond donors (Lipinski definition) is 0. The summed E-state index contributed by atoms with van der Waals surface area (Å²) in [7, 11) is 3.38. The molecule has 2 aromatic rings. The van der Waals surface area contributed by atoms with Gasteiger partial charge in [0.15, 0.2) is 0 Å². The van der Waals surface area contributed by atoms with Gasteiger partial charge in [0.1, 0.15) is 11.5 Å². The summed E-state index contributed by atoms with van der Waals surface area (Å²) < 4.78 is 11.1. The third-order valence-electron chi connectivity index (χ3n) is 3.70. The molecule has 0 saturated heterocycles. The van der Waals surface area contributed by atoms with E-state index >= 15 is 0 Å². The molecule has 0 heterocycles. The molecule has 0 spiro atoms. The molecule has 2 aromatic carbocycles. The zero-order valence-electron chi connectivity index (χ0n) is 14.5. The van der Waals surface area contributed by atoms with Crippen LogP contribution in [0.25, 0.3) is 22.9 Å². The number of benzene rings is 2. The highest BCUT2D eigenvalue weighted by Crippen LogP contribution is 2.40. The monoisotopic (exact) mass is 298 g/mol. The lowest BCUT2D eigenvalue weighted by Crippen LogP contribution is -1.97. The van der Waals surface area contributed by atoms with E-state index < -0.39 is 0 Å². The molecule has 0 fully saturated rings. The molecule has 0 amide bonds. The normalized spacial score (nSPS) is 9.73. The maximum absolute atomic E-state index is 5.57. The van der Waals surface area contributed by atoms with Gasteiger partial charge in [0.2, 0.25) is 0 Å². The van der Waals surface area contributed by atoms with Crippen LogP contribution in [0.1, 0.15) is 36.1 Å². The molecule has 0 aliphatic rings. The zero-order chi connectivity index (χ0) is 16.9. The Hall–Kier alpha value is -2.22. The third-order valence-corrected chi connectivity index (χ3v) is 3.70. The van der Waals surface area contributed by atoms with E-state index in [4.69, 9.17) is 9.47 Å². The van der Waals surface area contributed by atoms with Crippen LogP contribution in [0, 0.1) is 13.8 Å². The highest BCUT2D eigenvalue weighted by Gasteiger charge is 2.16. The predicted octanol–water partition coefficient (Wildman–Crippen LogP) is 5.79. The lowest BCUT2D eigenvalue weighted by molar-refractivity contribution is 0.408. The van der Waals surface area contributed by atoms with E-state index in [0.717, 1.165) is 44.5 Å². The molecule has 0 unspecified atom stereocenters. The highest BCUT2D eigenvalue weighted by molar-refractivity contribution is 6.00. The van der Waals surface area contributed by atoms with E-state index in [1.54, 1.807) is 14.2 Å². The van der Waals surface area contributed by atoms with Gasteiger partial charge in [0, 0.05) is 10.8 Å². The Balaban J connectivity index is 0.00000116. The molecule has 0 bridgehead atoms. The standard InChI is InChI=1S/C18H20O2.C2H6/c1-7-13-10-15-17(12(4)14(13)8-2)16(19-5)9-11(3)18(15)20-6;1-2/h7-10H,1-2H2,3-6H3;1-2H3. The van der Waals surface area contributed by atoms with Crippen molar-refractivity contribution in [2.24, 2.45) is 0 Å². The first-order valence-electron chi connectivity index (χ1n) is 7.52. The maximum Gasteiger partial charge on any atom is 0.129 e. The number of fused-ring (bicyclic) bond motifs is 1. The van der Waals surface area contributed by atoms with Gasteiger partial charge in [-0.25, -0.2) is 0 Å². The molecule has 2 rings (SSSR count). The minimum atomic E-state index is 0.856. The van der Waals surface area contributed by atoms with Crippen molar-refractivity contribution in [3.05, 3.63) is 47.5 Å². The number of methoxy groups -OCH3 is 2. The van der Waals surface area contributed by atoms with E-state index in [9.17, 15) is 0 Å². The lowest BCUT2D eigenvalue weighted by atomic mass is 9.92. The van der Waals surface area contributed by atoms with Crippen LogP contribution in [0.3, 0.4) is 0 Å². The predicted molar refractivity (Wildman–Crippen MR) is 98.1 cm³/mol. The second kappa shape index (κ2) is 7.69. The average Bonchev–Trinajstić information content (AvgIpc) is 2.55. The van der Waals surface area contributed by atoms with E-state index in [2.05, 4.69) is 26.1 Å². The molecule has 0 saturated carbocycles. The Labute approximate surface area is 134 Å². The van der Waals surface area contributed by atoms with Crippen LogP contribution in [0.2, 0.25) is 0 Å². The summed E-state index contributed by atoms with van der Waals surface area (Å²) >= 11 is 0. The van der Waals surface area contributed by atoms with Crippen molar-refractivity contribution in [2.75, 3.05) is 14.2 Å². The van der Waals surface area contributed by atoms with Crippen molar-refractivity contribution in [3.63, 3.8) is 0 Å². The number of aryl methyl sites for hydroxylation is 2. The van der Waals surface area contributed by atoms with Gasteiger partial charge in [-0.2, -0.15) is 0 Å². The second-order valence-corrected chi connectivity index (χ2v) is 4.76. The van der Waals surface area contributed by atoms with E-state index in [1.807, 2.05) is 39.0 Å². The van der Waals surface area contributed by atoms with Gasteiger partial charge in [-0.05, 0) is 48.2 Å². The molecule has 0 radical (unpaired) electrons. The van der Waals surface area contributed by atoms with Crippen LogP contribution >= 0.6 is 0 Å². The van der Waals surface area contributed by atoms with Gasteiger partial charge in [-0.1, -0.05) is 39.2 Å². The first kappa shape index (κ1) is 17.8. The topological polar surface area (TPSA) is 18.5 Å². The Morgan fingerprint density at radius 1 is 0.955 bits per heavy atom. The molecular weight excluding hydrogens is 272 g/mol. The third kappa shape index (κ3) is 2.87. The summed E-state index contributed by atoms with van der Waals surface area (Å²) in [5, 5.41) is 2.11. The fraction of sp³-hybridized carbons (Fsp3) is 0.300. The summed E-state index contributed by atoms with van der Waals surface area (Å²) in [6, 6.07) is 4.09. The summed E-state index contributed by atoms with van der Waals surface area (Å²) in [5.41, 5.74) is 4.31. The largest absolute Gasteiger partial charge is 0.496 e. The molecule has 0 aliphatic carbocycles. The Bertz CT molecular complexity index is 697. The van der Waals surface area contributed by atoms with Crippen LogP contribution in [0.5, 0.6) is 11.5 Å². The minimum Gasteiger partial charge on any atom is -0.496 e. The van der Waals surface area contributed by atoms with Crippen molar-refractivity contribution in [2.45, 2.75) is 27.7 Å². The van der Waals surface area contributed by atoms with Crippen molar-refractivity contribution >= 4 is 22.9 Å². The second-order valence-electron chi connectivity index (χ2n) is 4.76. The van der Waals surface area contributed by atoms with E-state index in [-0.39, 0.29) is 0 Å². The van der Waals surface area contributed by atoms with Crippen molar-refractivity contribution in [3.8, 4) is 11.5 Å². The summed E-state index contributed by atoms with van der Waals surface area (Å²) in [4.78, 5) is 0. The number of ether oxygens (including phenoxy) is 2. The molecule has 22 heavy (non-hydrogen) atoms. The SMILES string of the molecule is C=Cc1cc2c(OC)c(C)cc(OC)c2c(C)c1C=C.CC.